The molecule has 0 aliphatic carbocycles. The number of hydrogen-bond acceptors (Lipinski definition) is 6. The molecule has 1 aliphatic rings. The van der Waals surface area contributed by atoms with Crippen molar-refractivity contribution in [3.05, 3.63) is 77.6 Å². The first-order chi connectivity index (χ1) is 13.5. The van der Waals surface area contributed by atoms with Crippen molar-refractivity contribution in [2.45, 2.75) is 12.5 Å². The summed E-state index contributed by atoms with van der Waals surface area (Å²) in [5.74, 6) is 0.600. The second-order valence-corrected chi connectivity index (χ2v) is 6.69. The topological polar surface area (TPSA) is 52.6 Å². The summed E-state index contributed by atoms with van der Waals surface area (Å²) in [5, 5.41) is 1.98. The molecule has 1 aromatic carbocycles. The lowest BCUT2D eigenvalue weighted by Crippen LogP contribution is -2.17. The van der Waals surface area contributed by atoms with Gasteiger partial charge in [0.25, 0.3) is 0 Å². The van der Waals surface area contributed by atoms with Crippen LogP contribution in [-0.2, 0) is 4.84 Å². The summed E-state index contributed by atoms with van der Waals surface area (Å²) in [6.07, 6.45) is -1.95. The Hall–Kier alpha value is -3.04. The number of thiophene rings is 1. The number of pyridine rings is 1. The van der Waals surface area contributed by atoms with Gasteiger partial charge < -0.3 is 9.47 Å². The van der Waals surface area contributed by atoms with Gasteiger partial charge in [-0.25, -0.2) is 5.48 Å². The summed E-state index contributed by atoms with van der Waals surface area (Å²) >= 11 is 1.60. The van der Waals surface area contributed by atoms with E-state index in [1.807, 2.05) is 23.6 Å². The minimum atomic E-state index is -4.72. The Morgan fingerprint density at radius 2 is 1.82 bits per heavy atom. The highest BCUT2D eigenvalue weighted by molar-refractivity contribution is 7.13. The van der Waals surface area contributed by atoms with E-state index < -0.39 is 12.5 Å². The molecule has 2 aromatic heterocycles. The van der Waals surface area contributed by atoms with E-state index in [0.717, 1.165) is 10.6 Å². The van der Waals surface area contributed by atoms with Crippen molar-refractivity contribution in [2.24, 2.45) is 0 Å². The van der Waals surface area contributed by atoms with Crippen LogP contribution in [0.3, 0.4) is 0 Å². The molecule has 1 atom stereocenters. The molecule has 0 saturated carbocycles. The molecule has 9 heteroatoms. The summed E-state index contributed by atoms with van der Waals surface area (Å²) < 4.78 is 46.2. The van der Waals surface area contributed by atoms with Gasteiger partial charge in [-0.3, -0.25) is 9.82 Å². The quantitative estimate of drug-likeness (QED) is 0.631. The molecular weight excluding hydrogens is 393 g/mol. The Morgan fingerprint density at radius 3 is 2.46 bits per heavy atom. The van der Waals surface area contributed by atoms with Crippen LogP contribution in [0.2, 0.25) is 0 Å². The number of hydrogen-bond donors (Lipinski definition) is 1. The maximum atomic E-state index is 12.2. The number of ether oxygens (including phenoxy) is 2. The van der Waals surface area contributed by atoms with Gasteiger partial charge in [-0.1, -0.05) is 18.2 Å². The molecule has 28 heavy (non-hydrogen) atoms. The van der Waals surface area contributed by atoms with Crippen LogP contribution < -0.4 is 15.0 Å². The number of nitrogens with one attached hydrogen (secondary N) is 1. The number of nitrogens with zero attached hydrogens (tertiary/aromatic N) is 1. The molecule has 4 rings (SSSR count). The Labute approximate surface area is 162 Å². The van der Waals surface area contributed by atoms with E-state index in [9.17, 15) is 13.2 Å². The lowest BCUT2D eigenvalue weighted by Gasteiger charge is -2.11. The number of hydroxylamine groups is 1. The highest BCUT2D eigenvalue weighted by atomic mass is 32.1. The van der Waals surface area contributed by atoms with Crippen molar-refractivity contribution in [3.63, 3.8) is 0 Å². The summed E-state index contributed by atoms with van der Waals surface area (Å²) in [6.45, 7) is 0. The number of aromatic nitrogens is 1. The highest BCUT2D eigenvalue weighted by Gasteiger charge is 2.31. The predicted octanol–water partition coefficient (Wildman–Crippen LogP) is 5.21. The molecule has 0 spiro atoms. The average molecular weight is 406 g/mol. The molecule has 3 heterocycles. The zero-order valence-electron chi connectivity index (χ0n) is 14.1. The molecule has 144 valence electrons. The largest absolute Gasteiger partial charge is 0.573 e. The Morgan fingerprint density at radius 1 is 1.04 bits per heavy atom. The van der Waals surface area contributed by atoms with Crippen molar-refractivity contribution >= 4 is 11.3 Å². The highest BCUT2D eigenvalue weighted by Crippen LogP contribution is 2.29. The molecule has 0 amide bonds. The summed E-state index contributed by atoms with van der Waals surface area (Å²) in [6, 6.07) is 13.0. The summed E-state index contributed by atoms with van der Waals surface area (Å²) in [7, 11) is 0. The van der Waals surface area contributed by atoms with Crippen molar-refractivity contribution in [3.8, 4) is 22.1 Å². The van der Waals surface area contributed by atoms with Crippen LogP contribution in [0.5, 0.6) is 11.5 Å². The predicted molar refractivity (Wildman–Crippen MR) is 96.3 cm³/mol. The number of benzene rings is 1. The van der Waals surface area contributed by atoms with Crippen LogP contribution in [0.1, 0.15) is 11.7 Å². The molecular formula is C19H13F3N2O3S. The number of halogens is 3. The normalized spacial score (nSPS) is 16.4. The van der Waals surface area contributed by atoms with Gasteiger partial charge >= 0.3 is 6.36 Å². The minimum absolute atomic E-state index is 0.292. The monoisotopic (exact) mass is 406 g/mol. The van der Waals surface area contributed by atoms with Crippen molar-refractivity contribution < 1.29 is 27.5 Å². The van der Waals surface area contributed by atoms with Gasteiger partial charge in [-0.2, -0.15) is 0 Å². The second kappa shape index (κ2) is 7.53. The van der Waals surface area contributed by atoms with Gasteiger partial charge in [0.05, 0.1) is 16.8 Å². The molecule has 1 aliphatic heterocycles. The van der Waals surface area contributed by atoms with E-state index in [4.69, 9.17) is 9.57 Å². The van der Waals surface area contributed by atoms with E-state index in [1.165, 1.54) is 24.3 Å². The molecule has 0 bridgehead atoms. The SMILES string of the molecule is FC(F)(F)Oc1ccc([C@H]2C=C(Oc3ccc(-c4cccs4)nc3)NO2)cc1. The van der Waals surface area contributed by atoms with Crippen LogP contribution in [0.15, 0.2) is 72.1 Å². The first kappa shape index (κ1) is 18.3. The minimum Gasteiger partial charge on any atom is -0.438 e. The molecule has 5 nitrogen and oxygen atoms in total. The van der Waals surface area contributed by atoms with Crippen molar-refractivity contribution in [1.29, 1.82) is 0 Å². The smallest absolute Gasteiger partial charge is 0.438 e. The maximum absolute atomic E-state index is 12.2. The standard InChI is InChI=1S/C19H13F3N2O3S/c20-19(21,22)26-13-5-3-12(4-6-13)16-10-18(24-27-16)25-14-7-8-15(23-11-14)17-2-1-9-28-17/h1-11,16,24H/t16-/m1/s1. The van der Waals surface area contributed by atoms with E-state index in [-0.39, 0.29) is 5.75 Å². The molecule has 3 aromatic rings. The lowest BCUT2D eigenvalue weighted by atomic mass is 10.1. The molecule has 0 radical (unpaired) electrons. The first-order valence-electron chi connectivity index (χ1n) is 8.13. The summed E-state index contributed by atoms with van der Waals surface area (Å²) in [4.78, 5) is 10.8. The molecule has 0 fully saturated rings. The van der Waals surface area contributed by atoms with Gasteiger partial charge in [0.1, 0.15) is 17.6 Å². The first-order valence-corrected chi connectivity index (χ1v) is 9.01. The van der Waals surface area contributed by atoms with Crippen LogP contribution in [0.4, 0.5) is 13.2 Å². The van der Waals surface area contributed by atoms with Crippen LogP contribution in [-0.4, -0.2) is 11.3 Å². The maximum Gasteiger partial charge on any atom is 0.573 e. The van der Waals surface area contributed by atoms with Crippen LogP contribution in [0.25, 0.3) is 10.6 Å². The Bertz CT molecular complexity index is 956. The Balaban J connectivity index is 1.40. The molecule has 0 unspecified atom stereocenters. The second-order valence-electron chi connectivity index (χ2n) is 5.75. The van der Waals surface area contributed by atoms with E-state index >= 15 is 0 Å². The number of alkyl halides is 3. The fourth-order valence-corrected chi connectivity index (χ4v) is 3.25. The fraction of sp³-hybridized carbons (Fsp3) is 0.105. The van der Waals surface area contributed by atoms with Gasteiger partial charge in [-0.05, 0) is 41.3 Å². The molecule has 0 saturated heterocycles. The summed E-state index contributed by atoms with van der Waals surface area (Å²) in [5.41, 5.74) is 4.15. The van der Waals surface area contributed by atoms with Gasteiger partial charge in [0.2, 0.25) is 5.88 Å². The third kappa shape index (κ3) is 4.44. The lowest BCUT2D eigenvalue weighted by molar-refractivity contribution is -0.274. The van der Waals surface area contributed by atoms with Crippen molar-refractivity contribution in [2.75, 3.05) is 0 Å². The molecule has 1 N–H and O–H groups in total. The zero-order chi connectivity index (χ0) is 19.6. The fourth-order valence-electron chi connectivity index (χ4n) is 2.54. The van der Waals surface area contributed by atoms with Gasteiger partial charge in [-0.15, -0.1) is 24.5 Å². The van der Waals surface area contributed by atoms with Gasteiger partial charge in [0.15, 0.2) is 0 Å². The average Bonchev–Trinajstić information content (AvgIpc) is 3.34. The van der Waals surface area contributed by atoms with Crippen LogP contribution >= 0.6 is 11.3 Å². The zero-order valence-corrected chi connectivity index (χ0v) is 15.0. The van der Waals surface area contributed by atoms with Crippen molar-refractivity contribution in [1.82, 2.24) is 10.5 Å². The van der Waals surface area contributed by atoms with E-state index in [1.54, 1.807) is 29.7 Å². The number of rotatable bonds is 5. The third-order valence-electron chi connectivity index (χ3n) is 3.77. The van der Waals surface area contributed by atoms with Gasteiger partial charge in [0, 0.05) is 6.08 Å². The Kier molecular flexibility index (Phi) is 4.93. The van der Waals surface area contributed by atoms with E-state index in [2.05, 4.69) is 15.2 Å². The van der Waals surface area contributed by atoms with E-state index in [0.29, 0.717) is 17.2 Å². The van der Waals surface area contributed by atoms with Crippen LogP contribution in [0, 0.1) is 0 Å². The third-order valence-corrected chi connectivity index (χ3v) is 4.66.